The van der Waals surface area contributed by atoms with Gasteiger partial charge in [-0.15, -0.1) is 0 Å². The minimum Gasteiger partial charge on any atom is -0.397 e. The predicted molar refractivity (Wildman–Crippen MR) is 64.4 cm³/mol. The van der Waals surface area contributed by atoms with E-state index in [1.807, 2.05) is 0 Å². The summed E-state index contributed by atoms with van der Waals surface area (Å²) in [6.45, 7) is 3.75. The number of nitrogens with two attached hydrogens (primary N) is 2. The molecule has 5 N–H and O–H groups in total. The summed E-state index contributed by atoms with van der Waals surface area (Å²) in [5, 5.41) is 2.67. The monoisotopic (exact) mass is 249 g/mol. The van der Waals surface area contributed by atoms with Gasteiger partial charge in [-0.3, -0.25) is 4.79 Å². The van der Waals surface area contributed by atoms with Crippen LogP contribution in [0.4, 0.5) is 0 Å². The minimum atomic E-state index is -1.15. The lowest BCUT2D eigenvalue weighted by Crippen LogP contribution is -2.44. The Bertz CT molecular complexity index is 529. The van der Waals surface area contributed by atoms with Crippen molar-refractivity contribution in [3.8, 4) is 0 Å². The van der Waals surface area contributed by atoms with Gasteiger partial charge < -0.3 is 21.5 Å². The van der Waals surface area contributed by atoms with Crippen molar-refractivity contribution in [2.24, 2.45) is 17.4 Å². The smallest absolute Gasteiger partial charge is 0.257 e. The van der Waals surface area contributed by atoms with E-state index in [1.54, 1.807) is 25.9 Å². The normalized spacial score (nSPS) is 30.8. The summed E-state index contributed by atoms with van der Waals surface area (Å²) in [7, 11) is 0. The van der Waals surface area contributed by atoms with Crippen LogP contribution in [0.1, 0.15) is 13.8 Å². The number of hydrogen-bond donors (Lipinski definition) is 3. The second-order valence-electron chi connectivity index (χ2n) is 4.41. The maximum atomic E-state index is 12.0. The Balaban J connectivity index is 2.58. The molecule has 96 valence electrons. The summed E-state index contributed by atoms with van der Waals surface area (Å²) in [5.41, 5.74) is 11.4. The van der Waals surface area contributed by atoms with Gasteiger partial charge in [-0.25, -0.2) is 4.79 Å². The van der Waals surface area contributed by atoms with Crippen LogP contribution in [0.15, 0.2) is 28.7 Å². The Morgan fingerprint density at radius 2 is 2.22 bits per heavy atom. The average Bonchev–Trinajstić information content (AvgIpc) is 2.54. The first-order valence-corrected chi connectivity index (χ1v) is 5.63. The first-order chi connectivity index (χ1) is 8.45. The molecule has 2 unspecified atom stereocenters. The molecule has 0 spiro atoms. The Morgan fingerprint density at radius 1 is 1.56 bits per heavy atom. The van der Waals surface area contributed by atoms with E-state index < -0.39 is 11.5 Å². The number of fused-ring (bicyclic) bond motifs is 1. The number of carbonyl (C=O) groups is 1. The molecule has 0 radical (unpaired) electrons. The van der Waals surface area contributed by atoms with E-state index in [0.717, 1.165) is 0 Å². The van der Waals surface area contributed by atoms with Crippen LogP contribution in [0, 0.1) is 5.92 Å². The van der Waals surface area contributed by atoms with Gasteiger partial charge in [0.1, 0.15) is 5.94 Å². The number of ether oxygens (including phenoxy) is 1. The molecule has 0 saturated carbocycles. The minimum absolute atomic E-state index is 0.154. The zero-order valence-corrected chi connectivity index (χ0v) is 10.2. The lowest BCUT2D eigenvalue weighted by Gasteiger charge is -2.30. The van der Waals surface area contributed by atoms with Gasteiger partial charge in [0.05, 0.1) is 22.9 Å². The summed E-state index contributed by atoms with van der Waals surface area (Å²) >= 11 is 0. The highest BCUT2D eigenvalue weighted by Crippen LogP contribution is 2.42. The van der Waals surface area contributed by atoms with Crippen LogP contribution in [0.2, 0.25) is 0 Å². The Kier molecular flexibility index (Phi) is 2.77. The third kappa shape index (κ3) is 1.47. The van der Waals surface area contributed by atoms with Gasteiger partial charge in [0.15, 0.2) is 5.60 Å². The zero-order valence-electron chi connectivity index (χ0n) is 10.2. The lowest BCUT2D eigenvalue weighted by atomic mass is 9.79. The van der Waals surface area contributed by atoms with Crippen LogP contribution in [0.25, 0.3) is 0 Å². The van der Waals surface area contributed by atoms with Crippen molar-refractivity contribution in [3.05, 3.63) is 28.7 Å². The van der Waals surface area contributed by atoms with Crippen molar-refractivity contribution in [1.29, 1.82) is 0 Å². The third-order valence-electron chi connectivity index (χ3n) is 3.33. The quantitative estimate of drug-likeness (QED) is 0.562. The largest absolute Gasteiger partial charge is 0.397 e. The van der Waals surface area contributed by atoms with E-state index in [9.17, 15) is 9.59 Å². The van der Waals surface area contributed by atoms with Gasteiger partial charge in [0.2, 0.25) is 0 Å². The number of hydrogen-bond acceptors (Lipinski definition) is 5. The topological polar surface area (TPSA) is 107 Å². The van der Waals surface area contributed by atoms with Crippen molar-refractivity contribution in [1.82, 2.24) is 5.32 Å². The van der Waals surface area contributed by atoms with Gasteiger partial charge in [0, 0.05) is 12.3 Å². The number of amides is 1. The fraction of sp³-hybridized carbons (Fsp3) is 0.417. The molecule has 6 nitrogen and oxygen atoms in total. The fourth-order valence-corrected chi connectivity index (χ4v) is 2.42. The van der Waals surface area contributed by atoms with Crippen LogP contribution in [-0.4, -0.2) is 24.1 Å². The van der Waals surface area contributed by atoms with E-state index in [4.69, 9.17) is 16.2 Å². The van der Waals surface area contributed by atoms with Crippen molar-refractivity contribution in [2.45, 2.75) is 19.4 Å². The Labute approximate surface area is 104 Å². The number of nitrogens with one attached hydrogen (secondary N) is 1. The molecule has 2 aliphatic rings. The number of rotatable bonds is 2. The van der Waals surface area contributed by atoms with Crippen LogP contribution >= 0.6 is 0 Å². The second-order valence-corrected chi connectivity index (χ2v) is 4.41. The summed E-state index contributed by atoms with van der Waals surface area (Å²) in [4.78, 5) is 23.1. The van der Waals surface area contributed by atoms with Crippen LogP contribution in [0.5, 0.6) is 0 Å². The van der Waals surface area contributed by atoms with Crippen LogP contribution in [-0.2, 0) is 14.3 Å². The zero-order chi connectivity index (χ0) is 13.5. The molecule has 2 rings (SSSR count). The van der Waals surface area contributed by atoms with E-state index in [0.29, 0.717) is 12.3 Å². The van der Waals surface area contributed by atoms with Gasteiger partial charge in [-0.1, -0.05) is 0 Å². The third-order valence-corrected chi connectivity index (χ3v) is 3.33. The maximum Gasteiger partial charge on any atom is 0.257 e. The molecule has 1 amide bonds. The van der Waals surface area contributed by atoms with E-state index >= 15 is 0 Å². The second kappa shape index (κ2) is 4.01. The molecule has 1 aliphatic carbocycles. The van der Waals surface area contributed by atoms with Crippen LogP contribution < -0.4 is 16.8 Å². The van der Waals surface area contributed by atoms with Gasteiger partial charge in [-0.05, 0) is 19.9 Å². The molecule has 1 aliphatic heterocycles. The average molecular weight is 249 g/mol. The molecule has 0 aromatic heterocycles. The van der Waals surface area contributed by atoms with Crippen molar-refractivity contribution < 1.29 is 14.3 Å². The highest BCUT2D eigenvalue weighted by Gasteiger charge is 2.54. The highest BCUT2D eigenvalue weighted by molar-refractivity contribution is 5.93. The van der Waals surface area contributed by atoms with Gasteiger partial charge >= 0.3 is 0 Å². The molecule has 2 atom stereocenters. The van der Waals surface area contributed by atoms with E-state index in [1.165, 1.54) is 0 Å². The molecule has 1 heterocycles. The molecule has 0 aromatic rings. The summed E-state index contributed by atoms with van der Waals surface area (Å²) < 4.78 is 5.52. The molecule has 6 heteroatoms. The maximum absolute atomic E-state index is 12.0. The molecule has 0 bridgehead atoms. The summed E-state index contributed by atoms with van der Waals surface area (Å²) in [6.07, 6.45) is 1.56. The molecule has 1 saturated heterocycles. The number of allylic oxidation sites excluding steroid dienone is 2. The van der Waals surface area contributed by atoms with Crippen molar-refractivity contribution in [3.63, 3.8) is 0 Å². The molecular formula is C12H15N3O3. The van der Waals surface area contributed by atoms with Crippen molar-refractivity contribution >= 4 is 11.8 Å². The predicted octanol–water partition coefficient (Wildman–Crippen LogP) is -0.688. The SMILES string of the molecule is CCOC1(C)C(=O)NC2=CC(N)=C(N)C(=C=O)C21. The first-order valence-electron chi connectivity index (χ1n) is 5.63. The highest BCUT2D eigenvalue weighted by atomic mass is 16.5. The van der Waals surface area contributed by atoms with Gasteiger partial charge in [0.25, 0.3) is 5.91 Å². The molecule has 18 heavy (non-hydrogen) atoms. The Morgan fingerprint density at radius 3 is 2.78 bits per heavy atom. The summed E-state index contributed by atoms with van der Waals surface area (Å²) in [5.74, 6) is 0.897. The molecule has 0 aromatic carbocycles. The number of carbonyl (C=O) groups excluding carboxylic acids is 2. The lowest BCUT2D eigenvalue weighted by molar-refractivity contribution is -0.141. The van der Waals surface area contributed by atoms with E-state index in [2.05, 4.69) is 5.32 Å². The summed E-state index contributed by atoms with van der Waals surface area (Å²) in [6, 6.07) is 0. The van der Waals surface area contributed by atoms with Crippen molar-refractivity contribution in [2.75, 3.05) is 6.61 Å². The fourth-order valence-electron chi connectivity index (χ4n) is 2.42. The standard InChI is InChI=1S/C12H15N3O3/c1-3-18-12(2)9-6(5-16)10(14)7(13)4-8(9)15-11(12)17/h4,9H,3,13-14H2,1-2H3,(H,15,17). The molecular weight excluding hydrogens is 234 g/mol. The molecule has 1 fully saturated rings. The first kappa shape index (κ1) is 12.4. The van der Waals surface area contributed by atoms with Gasteiger partial charge in [-0.2, -0.15) is 0 Å². The van der Waals surface area contributed by atoms with E-state index in [-0.39, 0.29) is 22.9 Å². The Hall–Kier alpha value is -2.04. The van der Waals surface area contributed by atoms with Crippen LogP contribution in [0.3, 0.4) is 0 Å².